The topological polar surface area (TPSA) is 175 Å². The van der Waals surface area contributed by atoms with Gasteiger partial charge in [-0.05, 0) is 35.3 Å². The van der Waals surface area contributed by atoms with Crippen molar-refractivity contribution in [3.63, 3.8) is 0 Å². The Bertz CT molecular complexity index is 1070. The minimum atomic E-state index is -4.66. The zero-order chi connectivity index (χ0) is 24.6. The molecule has 176 valence electrons. The summed E-state index contributed by atoms with van der Waals surface area (Å²) in [5.41, 5.74) is 6.42. The van der Waals surface area contributed by atoms with E-state index in [9.17, 15) is 24.2 Å². The van der Waals surface area contributed by atoms with Gasteiger partial charge in [-0.3, -0.25) is 19.3 Å². The third-order valence-corrected chi connectivity index (χ3v) is 6.39. The molecule has 0 radical (unpaired) electrons. The number of carboxylic acids is 1. The molecule has 2 aromatic carbocycles. The van der Waals surface area contributed by atoms with Crippen molar-refractivity contribution in [3.8, 4) is 0 Å². The van der Waals surface area contributed by atoms with E-state index in [1.807, 2.05) is 6.07 Å². The summed E-state index contributed by atoms with van der Waals surface area (Å²) in [5.74, 6) is -4.39. The molecule has 3 atom stereocenters. The van der Waals surface area contributed by atoms with Crippen LogP contribution < -0.4 is 16.4 Å². The number of guanidine groups is 1. The average Bonchev–Trinajstić information content (AvgIpc) is 2.74. The first-order chi connectivity index (χ1) is 15.5. The fourth-order valence-corrected chi connectivity index (χ4v) is 4.64. The molecule has 0 aliphatic heterocycles. The van der Waals surface area contributed by atoms with Crippen LogP contribution in [-0.4, -0.2) is 33.6 Å². The van der Waals surface area contributed by atoms with Gasteiger partial charge in [0.05, 0.1) is 0 Å². The van der Waals surface area contributed by atoms with Crippen LogP contribution in [0.5, 0.6) is 0 Å². The fraction of sp³-hybridized carbons (Fsp3) is 0.227. The molecular formula is C22H27N4O6P. The Hall–Kier alpha value is -3.46. The number of carbonyl (C=O) groups excluding carboxylic acids is 1. The largest absolute Gasteiger partial charge is 0.479 e. The summed E-state index contributed by atoms with van der Waals surface area (Å²) < 4.78 is 18.3. The number of rotatable bonds is 10. The van der Waals surface area contributed by atoms with Crippen LogP contribution in [0.3, 0.4) is 0 Å². The number of nitrogens with one attached hydrogen (secondary N) is 3. The molecule has 3 unspecified atom stereocenters. The number of benzene rings is 2. The molecule has 0 aromatic heterocycles. The van der Waals surface area contributed by atoms with Crippen LogP contribution in [0.2, 0.25) is 0 Å². The van der Waals surface area contributed by atoms with Gasteiger partial charge in [-0.15, -0.1) is 0 Å². The van der Waals surface area contributed by atoms with Gasteiger partial charge in [0.15, 0.2) is 12.1 Å². The molecule has 0 bridgehead atoms. The molecule has 11 heteroatoms. The number of nitrogens with two attached hydrogens (primary N) is 1. The maximum Gasteiger partial charge on any atom is 0.351 e. The van der Waals surface area contributed by atoms with E-state index in [0.29, 0.717) is 5.69 Å². The lowest BCUT2D eigenvalue weighted by Gasteiger charge is -2.28. The average molecular weight is 474 g/mol. The summed E-state index contributed by atoms with van der Waals surface area (Å²) in [4.78, 5) is 34.9. The van der Waals surface area contributed by atoms with Crippen molar-refractivity contribution < 1.29 is 28.7 Å². The summed E-state index contributed by atoms with van der Waals surface area (Å²) in [6.45, 7) is 3.20. The molecule has 7 N–H and O–H groups in total. The number of anilines is 1. The van der Waals surface area contributed by atoms with Crippen molar-refractivity contribution in [2.75, 3.05) is 5.32 Å². The second kappa shape index (κ2) is 11.4. The summed E-state index contributed by atoms with van der Waals surface area (Å²) in [6, 6.07) is 14.8. The molecule has 1 amide bonds. The van der Waals surface area contributed by atoms with Crippen LogP contribution in [0.1, 0.15) is 31.1 Å². The molecule has 0 spiro atoms. The smallest absolute Gasteiger partial charge is 0.351 e. The second-order valence-electron chi connectivity index (χ2n) is 7.49. The highest BCUT2D eigenvalue weighted by atomic mass is 31.2. The van der Waals surface area contributed by atoms with Crippen LogP contribution in [-0.2, 0) is 18.7 Å². The predicted octanol–water partition coefficient (Wildman–Crippen LogP) is 3.13. The molecule has 0 aliphatic carbocycles. The van der Waals surface area contributed by atoms with Crippen molar-refractivity contribution in [1.82, 2.24) is 5.32 Å². The predicted molar refractivity (Wildman–Crippen MR) is 126 cm³/mol. The number of hydrogen-bond donors (Lipinski definition) is 6. The van der Waals surface area contributed by atoms with E-state index in [1.165, 1.54) is 24.3 Å². The Morgan fingerprint density at radius 1 is 1.15 bits per heavy atom. The van der Waals surface area contributed by atoms with Crippen LogP contribution in [0.4, 0.5) is 5.69 Å². The third kappa shape index (κ3) is 7.87. The van der Waals surface area contributed by atoms with E-state index >= 15 is 0 Å². The Labute approximate surface area is 191 Å². The minimum Gasteiger partial charge on any atom is -0.479 e. The van der Waals surface area contributed by atoms with Crippen molar-refractivity contribution in [2.24, 2.45) is 11.7 Å². The molecule has 10 nitrogen and oxygen atoms in total. The van der Waals surface area contributed by atoms with Gasteiger partial charge in [-0.1, -0.05) is 56.3 Å². The number of amides is 1. The standard InChI is InChI=1S/C22H27N4O6P/c1-14(2)20(26-18(27)12-11-15-7-4-3-5-8-15)33(30,31)32-19(21(28)29)16-9-6-10-17(13-16)25-22(23)24/h3-14,19-20H,1-2H3,(H,26,27)(H,28,29)(H,30,31)(H4,23,24,25). The van der Waals surface area contributed by atoms with Crippen molar-refractivity contribution in [1.29, 1.82) is 5.41 Å². The Morgan fingerprint density at radius 3 is 2.39 bits per heavy atom. The lowest BCUT2D eigenvalue weighted by molar-refractivity contribution is -0.145. The number of carbonyl (C=O) groups is 2. The maximum atomic E-state index is 13.1. The highest BCUT2D eigenvalue weighted by molar-refractivity contribution is 7.53. The molecule has 0 saturated heterocycles. The molecule has 0 saturated carbocycles. The lowest BCUT2D eigenvalue weighted by Crippen LogP contribution is -2.38. The van der Waals surface area contributed by atoms with E-state index in [-0.39, 0.29) is 11.5 Å². The monoisotopic (exact) mass is 474 g/mol. The molecular weight excluding hydrogens is 447 g/mol. The Kier molecular flexibility index (Phi) is 8.93. The van der Waals surface area contributed by atoms with Crippen LogP contribution in [0, 0.1) is 11.3 Å². The van der Waals surface area contributed by atoms with Crippen LogP contribution in [0.15, 0.2) is 60.7 Å². The summed E-state index contributed by atoms with van der Waals surface area (Å²) >= 11 is 0. The third-order valence-electron chi connectivity index (χ3n) is 4.45. The van der Waals surface area contributed by atoms with Crippen molar-refractivity contribution >= 4 is 37.2 Å². The zero-order valence-electron chi connectivity index (χ0n) is 18.1. The first-order valence-electron chi connectivity index (χ1n) is 9.98. The van der Waals surface area contributed by atoms with E-state index in [4.69, 9.17) is 15.7 Å². The fourth-order valence-electron chi connectivity index (χ4n) is 2.96. The van der Waals surface area contributed by atoms with E-state index in [0.717, 1.165) is 5.56 Å². The summed E-state index contributed by atoms with van der Waals surface area (Å²) in [5, 5.41) is 21.9. The molecule has 2 rings (SSSR count). The first-order valence-corrected chi connectivity index (χ1v) is 11.6. The number of hydrogen-bond acceptors (Lipinski definition) is 5. The van der Waals surface area contributed by atoms with E-state index < -0.39 is 37.3 Å². The molecule has 0 heterocycles. The SMILES string of the molecule is CC(C)C(NC(=O)C=Cc1ccccc1)P(=O)(O)OC(C(=O)O)c1cccc(NC(=N)N)c1. The molecule has 0 fully saturated rings. The minimum absolute atomic E-state index is 0.0563. The van der Waals surface area contributed by atoms with Gasteiger partial charge < -0.3 is 26.4 Å². The molecule has 0 aliphatic rings. The van der Waals surface area contributed by atoms with E-state index in [2.05, 4.69) is 10.6 Å². The van der Waals surface area contributed by atoms with Gasteiger partial charge in [0, 0.05) is 11.8 Å². The van der Waals surface area contributed by atoms with Gasteiger partial charge in [-0.2, -0.15) is 0 Å². The van der Waals surface area contributed by atoms with Gasteiger partial charge >= 0.3 is 13.6 Å². The van der Waals surface area contributed by atoms with Gasteiger partial charge in [0.25, 0.3) is 0 Å². The van der Waals surface area contributed by atoms with E-state index in [1.54, 1.807) is 50.3 Å². The van der Waals surface area contributed by atoms with Crippen LogP contribution >= 0.6 is 7.60 Å². The molecule has 33 heavy (non-hydrogen) atoms. The molecule has 2 aromatic rings. The second-order valence-corrected chi connectivity index (χ2v) is 9.39. The van der Waals surface area contributed by atoms with Gasteiger partial charge in [0.1, 0.15) is 5.78 Å². The highest BCUT2D eigenvalue weighted by Crippen LogP contribution is 2.53. The lowest BCUT2D eigenvalue weighted by atomic mass is 10.1. The van der Waals surface area contributed by atoms with Crippen LogP contribution in [0.25, 0.3) is 6.08 Å². The van der Waals surface area contributed by atoms with Crippen molar-refractivity contribution in [2.45, 2.75) is 25.7 Å². The Balaban J connectivity index is 2.22. The number of aliphatic carboxylic acids is 1. The normalized spacial score (nSPS) is 14.9. The van der Waals surface area contributed by atoms with Gasteiger partial charge in [0.2, 0.25) is 5.91 Å². The Morgan fingerprint density at radius 2 is 1.82 bits per heavy atom. The first kappa shape index (κ1) is 25.8. The summed E-state index contributed by atoms with van der Waals surface area (Å²) in [6.07, 6.45) is 0.965. The maximum absolute atomic E-state index is 13.1. The number of carboxylic acid groups (broad SMARTS) is 1. The summed E-state index contributed by atoms with van der Waals surface area (Å²) in [7, 11) is -4.66. The van der Waals surface area contributed by atoms with Crippen molar-refractivity contribution in [3.05, 3.63) is 71.8 Å². The zero-order valence-corrected chi connectivity index (χ0v) is 19.0. The quantitative estimate of drug-likeness (QED) is 0.132. The highest BCUT2D eigenvalue weighted by Gasteiger charge is 2.40. The van der Waals surface area contributed by atoms with Gasteiger partial charge in [-0.25, -0.2) is 4.79 Å².